The minimum atomic E-state index is -0.353. The molecule has 2 rings (SSSR count). The summed E-state index contributed by atoms with van der Waals surface area (Å²) in [5, 5.41) is 9.01. The van der Waals surface area contributed by atoms with Crippen LogP contribution in [0.5, 0.6) is 0 Å². The van der Waals surface area contributed by atoms with Gasteiger partial charge in [0, 0.05) is 26.2 Å². The zero-order valence-electron chi connectivity index (χ0n) is 16.4. The van der Waals surface area contributed by atoms with Crippen molar-refractivity contribution in [1.82, 2.24) is 16.0 Å². The number of carbonyl (C=O) groups excluding carboxylic acids is 1. The van der Waals surface area contributed by atoms with Crippen molar-refractivity contribution in [2.45, 2.75) is 19.8 Å². The van der Waals surface area contributed by atoms with E-state index in [1.807, 2.05) is 6.92 Å². The van der Waals surface area contributed by atoms with Crippen LogP contribution in [0.4, 0.5) is 8.78 Å². The molecule has 1 amide bonds. The Balaban J connectivity index is 0.00000420. The van der Waals surface area contributed by atoms with Gasteiger partial charge in [0.05, 0.1) is 6.42 Å². The third kappa shape index (κ3) is 9.69. The molecule has 0 bridgehead atoms. The van der Waals surface area contributed by atoms with Crippen molar-refractivity contribution in [3.63, 3.8) is 0 Å². The van der Waals surface area contributed by atoms with E-state index in [1.54, 1.807) is 30.3 Å². The summed E-state index contributed by atoms with van der Waals surface area (Å²) in [4.78, 5) is 16.3. The minimum Gasteiger partial charge on any atom is -0.357 e. The summed E-state index contributed by atoms with van der Waals surface area (Å²) < 4.78 is 26.8. The maximum atomic E-state index is 13.6. The standard InChI is InChI=1S/C21H26F2N4O.HI/c1-2-24-21(26-11-10-17-7-3-4-9-19(17)23)27-13-12-25-20(28)15-16-6-5-8-18(22)14-16;/h3-9,14H,2,10-13,15H2,1H3,(H,25,28)(H2,24,26,27);1H. The Morgan fingerprint density at radius 2 is 1.76 bits per heavy atom. The second-order valence-corrected chi connectivity index (χ2v) is 6.19. The summed E-state index contributed by atoms with van der Waals surface area (Å²) in [6, 6.07) is 12.7. The molecule has 0 radical (unpaired) electrons. The first-order valence-corrected chi connectivity index (χ1v) is 9.35. The van der Waals surface area contributed by atoms with Crippen LogP contribution in [0.25, 0.3) is 0 Å². The first kappa shape index (κ1) is 24.8. The summed E-state index contributed by atoms with van der Waals surface area (Å²) in [5.41, 5.74) is 1.26. The lowest BCUT2D eigenvalue weighted by Crippen LogP contribution is -2.41. The summed E-state index contributed by atoms with van der Waals surface area (Å²) in [6.07, 6.45) is 0.641. The van der Waals surface area contributed by atoms with Crippen molar-refractivity contribution in [3.8, 4) is 0 Å². The van der Waals surface area contributed by atoms with E-state index in [0.29, 0.717) is 49.7 Å². The number of benzene rings is 2. The molecule has 0 aromatic heterocycles. The van der Waals surface area contributed by atoms with Crippen molar-refractivity contribution in [2.24, 2.45) is 4.99 Å². The Morgan fingerprint density at radius 3 is 2.48 bits per heavy atom. The number of nitrogens with zero attached hydrogens (tertiary/aromatic N) is 1. The Bertz CT molecular complexity index is 802. The Morgan fingerprint density at radius 1 is 1.00 bits per heavy atom. The lowest BCUT2D eigenvalue weighted by atomic mass is 10.1. The van der Waals surface area contributed by atoms with Gasteiger partial charge in [0.15, 0.2) is 5.96 Å². The molecule has 0 spiro atoms. The van der Waals surface area contributed by atoms with Gasteiger partial charge in [0.2, 0.25) is 5.91 Å². The first-order chi connectivity index (χ1) is 13.6. The average Bonchev–Trinajstić information content (AvgIpc) is 2.66. The van der Waals surface area contributed by atoms with E-state index in [1.165, 1.54) is 18.2 Å². The summed E-state index contributed by atoms with van der Waals surface area (Å²) in [5.74, 6) is -0.141. The topological polar surface area (TPSA) is 65.5 Å². The van der Waals surface area contributed by atoms with Crippen molar-refractivity contribution in [2.75, 3.05) is 26.2 Å². The Kier molecular flexibility index (Phi) is 11.9. The molecule has 3 N–H and O–H groups in total. The molecule has 0 aliphatic rings. The molecule has 29 heavy (non-hydrogen) atoms. The number of hydrogen-bond acceptors (Lipinski definition) is 2. The molecule has 0 saturated carbocycles. The highest BCUT2D eigenvalue weighted by Crippen LogP contribution is 2.07. The van der Waals surface area contributed by atoms with Crippen molar-refractivity contribution < 1.29 is 13.6 Å². The van der Waals surface area contributed by atoms with Gasteiger partial charge in [-0.15, -0.1) is 24.0 Å². The lowest BCUT2D eigenvalue weighted by molar-refractivity contribution is -0.120. The van der Waals surface area contributed by atoms with Crippen molar-refractivity contribution in [1.29, 1.82) is 0 Å². The quantitative estimate of drug-likeness (QED) is 0.208. The summed E-state index contributed by atoms with van der Waals surface area (Å²) in [6.45, 7) is 3.99. The smallest absolute Gasteiger partial charge is 0.224 e. The number of carbonyl (C=O) groups is 1. The van der Waals surface area contributed by atoms with Gasteiger partial charge in [-0.2, -0.15) is 0 Å². The van der Waals surface area contributed by atoms with Gasteiger partial charge in [-0.05, 0) is 42.7 Å². The zero-order chi connectivity index (χ0) is 20.2. The largest absolute Gasteiger partial charge is 0.357 e. The van der Waals surface area contributed by atoms with E-state index in [9.17, 15) is 13.6 Å². The number of halogens is 3. The number of aliphatic imine (C=N–C) groups is 1. The SMILES string of the molecule is CCNC(=NCCc1ccccc1F)NCCNC(=O)Cc1cccc(F)c1.I. The normalized spacial score (nSPS) is 10.8. The molecule has 2 aromatic rings. The molecule has 0 fully saturated rings. The fourth-order valence-electron chi connectivity index (χ4n) is 2.61. The van der Waals surface area contributed by atoms with Gasteiger partial charge < -0.3 is 16.0 Å². The average molecular weight is 516 g/mol. The third-order valence-electron chi connectivity index (χ3n) is 3.95. The maximum absolute atomic E-state index is 13.6. The highest BCUT2D eigenvalue weighted by atomic mass is 127. The minimum absolute atomic E-state index is 0. The van der Waals surface area contributed by atoms with Gasteiger partial charge in [0.25, 0.3) is 0 Å². The second-order valence-electron chi connectivity index (χ2n) is 6.19. The van der Waals surface area contributed by atoms with Crippen LogP contribution in [0.1, 0.15) is 18.1 Å². The molecule has 0 heterocycles. The van der Waals surface area contributed by atoms with Crippen LogP contribution in [0.15, 0.2) is 53.5 Å². The van der Waals surface area contributed by atoms with Crippen molar-refractivity contribution >= 4 is 35.8 Å². The molecule has 0 saturated heterocycles. The Hall–Kier alpha value is -2.23. The van der Waals surface area contributed by atoms with Crippen LogP contribution in [0.3, 0.4) is 0 Å². The molecule has 0 aliphatic carbocycles. The fraction of sp³-hybridized carbons (Fsp3) is 0.333. The second kappa shape index (κ2) is 13.9. The molecule has 0 unspecified atom stereocenters. The maximum Gasteiger partial charge on any atom is 0.224 e. The van der Waals surface area contributed by atoms with E-state index in [0.717, 1.165) is 0 Å². The Labute approximate surface area is 187 Å². The van der Waals surface area contributed by atoms with Gasteiger partial charge in [0.1, 0.15) is 11.6 Å². The summed E-state index contributed by atoms with van der Waals surface area (Å²) >= 11 is 0. The number of amides is 1. The molecular weight excluding hydrogens is 489 g/mol. The highest BCUT2D eigenvalue weighted by Gasteiger charge is 2.04. The van der Waals surface area contributed by atoms with Crippen LogP contribution in [-0.4, -0.2) is 38.0 Å². The van der Waals surface area contributed by atoms with Crippen LogP contribution in [0.2, 0.25) is 0 Å². The van der Waals surface area contributed by atoms with E-state index in [2.05, 4.69) is 20.9 Å². The molecule has 2 aromatic carbocycles. The number of hydrogen-bond donors (Lipinski definition) is 3. The molecule has 8 heteroatoms. The van der Waals surface area contributed by atoms with E-state index < -0.39 is 0 Å². The van der Waals surface area contributed by atoms with Gasteiger partial charge in [-0.25, -0.2) is 8.78 Å². The van der Waals surface area contributed by atoms with Crippen LogP contribution in [-0.2, 0) is 17.6 Å². The monoisotopic (exact) mass is 516 g/mol. The predicted octanol–water partition coefficient (Wildman–Crippen LogP) is 3.04. The lowest BCUT2D eigenvalue weighted by Gasteiger charge is -2.12. The summed E-state index contributed by atoms with van der Waals surface area (Å²) in [7, 11) is 0. The molecule has 0 atom stereocenters. The fourth-order valence-corrected chi connectivity index (χ4v) is 2.61. The molecule has 5 nitrogen and oxygen atoms in total. The molecular formula is C21H27F2IN4O. The van der Waals surface area contributed by atoms with Gasteiger partial charge in [-0.1, -0.05) is 30.3 Å². The number of rotatable bonds is 9. The van der Waals surface area contributed by atoms with E-state index >= 15 is 0 Å². The first-order valence-electron chi connectivity index (χ1n) is 9.35. The third-order valence-corrected chi connectivity index (χ3v) is 3.95. The predicted molar refractivity (Wildman–Crippen MR) is 123 cm³/mol. The van der Waals surface area contributed by atoms with Gasteiger partial charge >= 0.3 is 0 Å². The van der Waals surface area contributed by atoms with Crippen LogP contribution >= 0.6 is 24.0 Å². The molecule has 158 valence electrons. The van der Waals surface area contributed by atoms with Crippen LogP contribution < -0.4 is 16.0 Å². The zero-order valence-corrected chi connectivity index (χ0v) is 18.7. The van der Waals surface area contributed by atoms with Gasteiger partial charge in [-0.3, -0.25) is 9.79 Å². The van der Waals surface area contributed by atoms with Crippen LogP contribution in [0, 0.1) is 11.6 Å². The number of nitrogens with one attached hydrogen (secondary N) is 3. The van der Waals surface area contributed by atoms with E-state index in [4.69, 9.17) is 0 Å². The van der Waals surface area contributed by atoms with Crippen molar-refractivity contribution in [3.05, 3.63) is 71.3 Å². The molecule has 0 aliphatic heterocycles. The van der Waals surface area contributed by atoms with E-state index in [-0.39, 0.29) is 47.9 Å². The number of guanidine groups is 1. The highest BCUT2D eigenvalue weighted by molar-refractivity contribution is 14.0.